The van der Waals surface area contributed by atoms with Crippen LogP contribution in [0, 0.1) is 12.8 Å². The summed E-state index contributed by atoms with van der Waals surface area (Å²) in [6, 6.07) is 6.63. The molecule has 2 aromatic rings. The number of aryl methyl sites for hydroxylation is 2. The van der Waals surface area contributed by atoms with Gasteiger partial charge in [0.15, 0.2) is 4.34 Å². The molecule has 21 heavy (non-hydrogen) atoms. The molecule has 0 fully saturated rings. The molecule has 1 aromatic carbocycles. The standard InChI is InChI=1S/C16H23N3S2/c1-5-15-18-16(21-19-15)20-14-7-6-13(12(4)8-14)10-17-9-11(2)3/h6-8,11,17H,5,9-10H2,1-4H3. The maximum absolute atomic E-state index is 4.50. The molecule has 0 spiro atoms. The van der Waals surface area contributed by atoms with E-state index in [0.717, 1.165) is 29.7 Å². The highest BCUT2D eigenvalue weighted by Gasteiger charge is 2.06. The summed E-state index contributed by atoms with van der Waals surface area (Å²) in [5, 5.41) is 3.49. The second-order valence-electron chi connectivity index (χ2n) is 5.55. The summed E-state index contributed by atoms with van der Waals surface area (Å²) in [6.45, 7) is 10.7. The number of nitrogens with zero attached hydrogens (tertiary/aromatic N) is 2. The number of aromatic nitrogens is 2. The van der Waals surface area contributed by atoms with Gasteiger partial charge in [-0.25, -0.2) is 4.98 Å². The van der Waals surface area contributed by atoms with Crippen LogP contribution in [0.1, 0.15) is 37.7 Å². The zero-order valence-electron chi connectivity index (χ0n) is 13.1. The quantitative estimate of drug-likeness (QED) is 0.825. The predicted molar refractivity (Wildman–Crippen MR) is 91.1 cm³/mol. The summed E-state index contributed by atoms with van der Waals surface area (Å²) in [4.78, 5) is 5.74. The van der Waals surface area contributed by atoms with Crippen molar-refractivity contribution in [2.75, 3.05) is 6.54 Å². The van der Waals surface area contributed by atoms with Crippen molar-refractivity contribution >= 4 is 23.3 Å². The van der Waals surface area contributed by atoms with Crippen LogP contribution in [-0.4, -0.2) is 15.9 Å². The zero-order valence-corrected chi connectivity index (χ0v) is 14.8. The molecule has 0 radical (unpaired) electrons. The van der Waals surface area contributed by atoms with Crippen molar-refractivity contribution in [1.29, 1.82) is 0 Å². The predicted octanol–water partition coefficient (Wildman–Crippen LogP) is 4.31. The molecule has 114 valence electrons. The first-order valence-electron chi connectivity index (χ1n) is 7.39. The smallest absolute Gasteiger partial charge is 0.174 e. The van der Waals surface area contributed by atoms with Gasteiger partial charge in [0.05, 0.1) is 0 Å². The number of benzene rings is 1. The van der Waals surface area contributed by atoms with Crippen molar-refractivity contribution < 1.29 is 0 Å². The van der Waals surface area contributed by atoms with Crippen molar-refractivity contribution in [1.82, 2.24) is 14.7 Å². The van der Waals surface area contributed by atoms with E-state index in [1.165, 1.54) is 27.6 Å². The lowest BCUT2D eigenvalue weighted by Crippen LogP contribution is -2.19. The normalized spacial score (nSPS) is 11.3. The molecule has 5 heteroatoms. The SMILES string of the molecule is CCc1nsc(Sc2ccc(CNCC(C)C)c(C)c2)n1. The summed E-state index contributed by atoms with van der Waals surface area (Å²) in [6.07, 6.45) is 0.899. The number of rotatable bonds is 7. The van der Waals surface area contributed by atoms with Crippen LogP contribution < -0.4 is 5.32 Å². The summed E-state index contributed by atoms with van der Waals surface area (Å²) in [7, 11) is 0. The highest BCUT2D eigenvalue weighted by Crippen LogP contribution is 2.30. The Morgan fingerprint density at radius 3 is 2.76 bits per heavy atom. The van der Waals surface area contributed by atoms with Crippen LogP contribution in [0.25, 0.3) is 0 Å². The molecule has 0 aliphatic heterocycles. The third-order valence-corrected chi connectivity index (χ3v) is 4.93. The molecule has 2 rings (SSSR count). The second kappa shape index (κ2) is 7.92. The monoisotopic (exact) mass is 321 g/mol. The van der Waals surface area contributed by atoms with E-state index in [-0.39, 0.29) is 0 Å². The number of hydrogen-bond acceptors (Lipinski definition) is 5. The molecule has 0 unspecified atom stereocenters. The molecule has 0 bridgehead atoms. The summed E-state index contributed by atoms with van der Waals surface area (Å²) in [5.74, 6) is 1.62. The summed E-state index contributed by atoms with van der Waals surface area (Å²) >= 11 is 3.19. The Kier molecular flexibility index (Phi) is 6.21. The third-order valence-electron chi connectivity index (χ3n) is 3.15. The lowest BCUT2D eigenvalue weighted by molar-refractivity contribution is 0.551. The number of hydrogen-bond donors (Lipinski definition) is 1. The van der Waals surface area contributed by atoms with Crippen LogP contribution in [0.3, 0.4) is 0 Å². The molecule has 1 N–H and O–H groups in total. The highest BCUT2D eigenvalue weighted by atomic mass is 32.2. The van der Waals surface area contributed by atoms with E-state index >= 15 is 0 Å². The maximum Gasteiger partial charge on any atom is 0.174 e. The fraction of sp³-hybridized carbons (Fsp3) is 0.500. The molecule has 1 aromatic heterocycles. The van der Waals surface area contributed by atoms with Gasteiger partial charge in [0.2, 0.25) is 0 Å². The Labute approximate surface area is 135 Å². The van der Waals surface area contributed by atoms with Crippen LogP contribution >= 0.6 is 23.3 Å². The summed E-state index contributed by atoms with van der Waals surface area (Å²) in [5.41, 5.74) is 2.70. The van der Waals surface area contributed by atoms with Gasteiger partial charge in [0, 0.05) is 17.9 Å². The largest absolute Gasteiger partial charge is 0.312 e. The van der Waals surface area contributed by atoms with Gasteiger partial charge >= 0.3 is 0 Å². The molecule has 0 amide bonds. The molecular weight excluding hydrogens is 298 g/mol. The van der Waals surface area contributed by atoms with Gasteiger partial charge in [0.1, 0.15) is 5.82 Å². The van der Waals surface area contributed by atoms with E-state index in [1.807, 2.05) is 0 Å². The average Bonchev–Trinajstić information content (AvgIpc) is 2.88. The van der Waals surface area contributed by atoms with Gasteiger partial charge in [-0.1, -0.05) is 38.6 Å². The minimum atomic E-state index is 0.685. The molecule has 0 saturated heterocycles. The lowest BCUT2D eigenvalue weighted by Gasteiger charge is -2.10. The lowest BCUT2D eigenvalue weighted by atomic mass is 10.1. The molecule has 0 atom stereocenters. The van der Waals surface area contributed by atoms with Crippen LogP contribution in [0.2, 0.25) is 0 Å². The van der Waals surface area contributed by atoms with Crippen molar-refractivity contribution in [2.24, 2.45) is 5.92 Å². The first-order valence-corrected chi connectivity index (χ1v) is 8.98. The molecule has 0 saturated carbocycles. The van der Waals surface area contributed by atoms with E-state index in [2.05, 4.69) is 60.6 Å². The van der Waals surface area contributed by atoms with E-state index in [9.17, 15) is 0 Å². The van der Waals surface area contributed by atoms with Crippen molar-refractivity contribution in [2.45, 2.75) is 49.9 Å². The van der Waals surface area contributed by atoms with Crippen molar-refractivity contribution in [3.8, 4) is 0 Å². The Morgan fingerprint density at radius 1 is 1.33 bits per heavy atom. The zero-order chi connectivity index (χ0) is 15.2. The second-order valence-corrected chi connectivity index (χ2v) is 7.62. The Balaban J connectivity index is 1.97. The van der Waals surface area contributed by atoms with Crippen LogP contribution in [0.15, 0.2) is 27.4 Å². The third kappa shape index (κ3) is 5.09. The molecule has 3 nitrogen and oxygen atoms in total. The first kappa shape index (κ1) is 16.5. The van der Waals surface area contributed by atoms with Gasteiger partial charge < -0.3 is 5.32 Å². The topological polar surface area (TPSA) is 37.8 Å². The van der Waals surface area contributed by atoms with E-state index in [0.29, 0.717) is 5.92 Å². The Bertz CT molecular complexity index is 579. The minimum absolute atomic E-state index is 0.685. The van der Waals surface area contributed by atoms with Crippen molar-refractivity contribution in [3.63, 3.8) is 0 Å². The fourth-order valence-electron chi connectivity index (χ4n) is 1.95. The maximum atomic E-state index is 4.50. The molecule has 0 aliphatic carbocycles. The Hall–Kier alpha value is -0.910. The van der Waals surface area contributed by atoms with Gasteiger partial charge in [-0.3, -0.25) is 0 Å². The van der Waals surface area contributed by atoms with E-state index < -0.39 is 0 Å². The van der Waals surface area contributed by atoms with Crippen molar-refractivity contribution in [3.05, 3.63) is 35.2 Å². The van der Waals surface area contributed by atoms with Crippen LogP contribution in [0.5, 0.6) is 0 Å². The summed E-state index contributed by atoms with van der Waals surface area (Å²) < 4.78 is 5.35. The van der Waals surface area contributed by atoms with E-state index in [4.69, 9.17) is 0 Å². The minimum Gasteiger partial charge on any atom is -0.312 e. The fourth-order valence-corrected chi connectivity index (χ4v) is 3.72. The average molecular weight is 322 g/mol. The molecule has 0 aliphatic rings. The van der Waals surface area contributed by atoms with Gasteiger partial charge in [-0.15, -0.1) is 0 Å². The van der Waals surface area contributed by atoms with Gasteiger partial charge in [0.25, 0.3) is 0 Å². The molecular formula is C16H23N3S2. The Morgan fingerprint density at radius 2 is 2.14 bits per heavy atom. The number of nitrogens with one attached hydrogen (secondary N) is 1. The first-order chi connectivity index (χ1) is 10.1. The van der Waals surface area contributed by atoms with Gasteiger partial charge in [-0.2, -0.15) is 4.37 Å². The van der Waals surface area contributed by atoms with Crippen LogP contribution in [0.4, 0.5) is 0 Å². The van der Waals surface area contributed by atoms with E-state index in [1.54, 1.807) is 11.8 Å². The molecule has 1 heterocycles. The van der Waals surface area contributed by atoms with Crippen LogP contribution in [-0.2, 0) is 13.0 Å². The highest BCUT2D eigenvalue weighted by molar-refractivity contribution is 8.01. The van der Waals surface area contributed by atoms with Gasteiger partial charge in [-0.05, 0) is 54.2 Å².